The van der Waals surface area contributed by atoms with Crippen LogP contribution in [0.15, 0.2) is 64.3 Å². The van der Waals surface area contributed by atoms with Crippen molar-refractivity contribution < 1.29 is 8.42 Å². The van der Waals surface area contributed by atoms with Crippen LogP contribution < -0.4 is 5.56 Å². The van der Waals surface area contributed by atoms with Crippen molar-refractivity contribution in [3.8, 4) is 0 Å². The molecule has 1 aliphatic rings. The molecular formula is C23H28N4O3S. The van der Waals surface area contributed by atoms with Crippen LogP contribution in [-0.2, 0) is 16.6 Å². The monoisotopic (exact) mass is 440 g/mol. The molecule has 1 aliphatic heterocycles. The molecule has 0 radical (unpaired) electrons. The van der Waals surface area contributed by atoms with Gasteiger partial charge in [-0.1, -0.05) is 37.3 Å². The van der Waals surface area contributed by atoms with Crippen molar-refractivity contribution in [2.45, 2.75) is 37.8 Å². The van der Waals surface area contributed by atoms with E-state index in [2.05, 4.69) is 11.8 Å². The first kappa shape index (κ1) is 21.7. The van der Waals surface area contributed by atoms with Crippen molar-refractivity contribution in [2.24, 2.45) is 0 Å². The van der Waals surface area contributed by atoms with Crippen LogP contribution >= 0.6 is 0 Å². The van der Waals surface area contributed by atoms with Gasteiger partial charge in [-0.25, -0.2) is 13.4 Å². The van der Waals surface area contributed by atoms with Crippen LogP contribution in [0.25, 0.3) is 10.9 Å². The van der Waals surface area contributed by atoms with Crippen molar-refractivity contribution in [1.29, 1.82) is 0 Å². The van der Waals surface area contributed by atoms with Gasteiger partial charge in [-0.2, -0.15) is 4.31 Å². The molecule has 1 saturated heterocycles. The molecule has 2 aromatic carbocycles. The number of hydrogen-bond donors (Lipinski definition) is 0. The molecule has 164 valence electrons. The topological polar surface area (TPSA) is 75.5 Å². The zero-order valence-electron chi connectivity index (χ0n) is 17.9. The molecule has 4 rings (SSSR count). The van der Waals surface area contributed by atoms with Crippen LogP contribution in [0, 0.1) is 0 Å². The number of nitrogens with zero attached hydrogens (tertiary/aromatic N) is 4. The van der Waals surface area contributed by atoms with Gasteiger partial charge in [-0.15, -0.1) is 0 Å². The summed E-state index contributed by atoms with van der Waals surface area (Å²) in [6.07, 6.45) is 0.788. The van der Waals surface area contributed by atoms with Gasteiger partial charge in [0, 0.05) is 32.7 Å². The SMILES string of the molecule is CCC(c1nc2ccccc2c(=O)n1CC)N1CCN(S(=O)(=O)c2ccccc2)CC1. The molecule has 3 aromatic rings. The molecule has 0 amide bonds. The Labute approximate surface area is 183 Å². The Bertz CT molecular complexity index is 1220. The maximum Gasteiger partial charge on any atom is 0.261 e. The number of aromatic nitrogens is 2. The van der Waals surface area contributed by atoms with Gasteiger partial charge in [-0.05, 0) is 37.6 Å². The maximum absolute atomic E-state index is 13.0. The summed E-state index contributed by atoms with van der Waals surface area (Å²) in [6, 6.07) is 16.0. The fourth-order valence-electron chi connectivity index (χ4n) is 4.35. The highest BCUT2D eigenvalue weighted by molar-refractivity contribution is 7.89. The third kappa shape index (κ3) is 4.03. The van der Waals surface area contributed by atoms with Gasteiger partial charge in [0.15, 0.2) is 0 Å². The number of benzene rings is 2. The van der Waals surface area contributed by atoms with Crippen LogP contribution in [0.4, 0.5) is 0 Å². The highest BCUT2D eigenvalue weighted by Gasteiger charge is 2.32. The van der Waals surface area contributed by atoms with Crippen molar-refractivity contribution in [1.82, 2.24) is 18.8 Å². The molecule has 1 atom stereocenters. The fourth-order valence-corrected chi connectivity index (χ4v) is 5.79. The first-order valence-electron chi connectivity index (χ1n) is 10.8. The Morgan fingerprint density at radius 1 is 0.935 bits per heavy atom. The van der Waals surface area contributed by atoms with E-state index in [4.69, 9.17) is 4.98 Å². The highest BCUT2D eigenvalue weighted by Crippen LogP contribution is 2.26. The summed E-state index contributed by atoms with van der Waals surface area (Å²) < 4.78 is 29.2. The van der Waals surface area contributed by atoms with E-state index in [0.717, 1.165) is 12.2 Å². The highest BCUT2D eigenvalue weighted by atomic mass is 32.2. The van der Waals surface area contributed by atoms with Gasteiger partial charge in [0.1, 0.15) is 5.82 Å². The Balaban J connectivity index is 1.60. The molecule has 1 unspecified atom stereocenters. The smallest absolute Gasteiger partial charge is 0.261 e. The van der Waals surface area contributed by atoms with E-state index in [1.165, 1.54) is 0 Å². The molecule has 1 fully saturated rings. The van der Waals surface area contributed by atoms with Gasteiger partial charge in [0.2, 0.25) is 10.0 Å². The zero-order chi connectivity index (χ0) is 22.0. The van der Waals surface area contributed by atoms with E-state index in [1.54, 1.807) is 33.1 Å². The lowest BCUT2D eigenvalue weighted by Crippen LogP contribution is -2.50. The third-order valence-electron chi connectivity index (χ3n) is 5.99. The van der Waals surface area contributed by atoms with Crippen LogP contribution in [0.3, 0.4) is 0 Å². The van der Waals surface area contributed by atoms with E-state index in [1.807, 2.05) is 37.3 Å². The summed E-state index contributed by atoms with van der Waals surface area (Å²) in [6.45, 7) is 6.60. The normalized spacial score (nSPS) is 17.1. The number of rotatable bonds is 6. The van der Waals surface area contributed by atoms with Gasteiger partial charge in [-0.3, -0.25) is 14.3 Å². The predicted molar refractivity (Wildman–Crippen MR) is 121 cm³/mol. The minimum absolute atomic E-state index is 0.0214. The number of piperazine rings is 1. The van der Waals surface area contributed by atoms with Crippen LogP contribution in [0.1, 0.15) is 32.1 Å². The molecule has 31 heavy (non-hydrogen) atoms. The van der Waals surface area contributed by atoms with E-state index in [-0.39, 0.29) is 11.6 Å². The van der Waals surface area contributed by atoms with Crippen molar-refractivity contribution in [2.75, 3.05) is 26.2 Å². The molecule has 8 heteroatoms. The predicted octanol–water partition coefficient (Wildman–Crippen LogP) is 2.87. The molecule has 0 spiro atoms. The average Bonchev–Trinajstić information content (AvgIpc) is 2.81. The molecule has 0 bridgehead atoms. The van der Waals surface area contributed by atoms with E-state index >= 15 is 0 Å². The molecule has 0 N–H and O–H groups in total. The number of fused-ring (bicyclic) bond motifs is 1. The Morgan fingerprint density at radius 3 is 2.23 bits per heavy atom. The zero-order valence-corrected chi connectivity index (χ0v) is 18.8. The van der Waals surface area contributed by atoms with Gasteiger partial charge < -0.3 is 0 Å². The quantitative estimate of drug-likeness (QED) is 0.589. The van der Waals surface area contributed by atoms with Crippen molar-refractivity contribution in [3.63, 3.8) is 0 Å². The number of hydrogen-bond acceptors (Lipinski definition) is 5. The molecule has 1 aromatic heterocycles. The first-order valence-corrected chi connectivity index (χ1v) is 12.2. The minimum Gasteiger partial charge on any atom is -0.295 e. The van der Waals surface area contributed by atoms with Gasteiger partial charge >= 0.3 is 0 Å². The lowest BCUT2D eigenvalue weighted by Gasteiger charge is -2.38. The fraction of sp³-hybridized carbons (Fsp3) is 0.391. The summed E-state index contributed by atoms with van der Waals surface area (Å²) in [4.78, 5) is 20.5. The molecule has 0 saturated carbocycles. The van der Waals surface area contributed by atoms with Crippen molar-refractivity contribution in [3.05, 3.63) is 70.8 Å². The molecule has 0 aliphatic carbocycles. The maximum atomic E-state index is 13.0. The standard InChI is InChI=1S/C23H28N4O3S/c1-3-21(22-24-20-13-9-8-12-19(20)23(28)27(22)4-2)25-14-16-26(17-15-25)31(29,30)18-10-6-5-7-11-18/h5-13,21H,3-4,14-17H2,1-2H3. The number of sulfonamides is 1. The van der Waals surface area contributed by atoms with Gasteiger partial charge in [0.05, 0.1) is 21.8 Å². The summed E-state index contributed by atoms with van der Waals surface area (Å²) in [5.41, 5.74) is 0.683. The summed E-state index contributed by atoms with van der Waals surface area (Å²) >= 11 is 0. The minimum atomic E-state index is -3.50. The lowest BCUT2D eigenvalue weighted by atomic mass is 10.1. The summed E-state index contributed by atoms with van der Waals surface area (Å²) in [5, 5.41) is 0.627. The van der Waals surface area contributed by atoms with E-state index < -0.39 is 10.0 Å². The second-order valence-corrected chi connectivity index (χ2v) is 9.65. The average molecular weight is 441 g/mol. The van der Waals surface area contributed by atoms with Crippen LogP contribution in [0.5, 0.6) is 0 Å². The summed E-state index contributed by atoms with van der Waals surface area (Å²) in [5.74, 6) is 0.757. The second-order valence-electron chi connectivity index (χ2n) is 7.71. The lowest BCUT2D eigenvalue weighted by molar-refractivity contribution is 0.125. The first-order chi connectivity index (χ1) is 15.0. The molecular weight excluding hydrogens is 412 g/mol. The van der Waals surface area contributed by atoms with Crippen LogP contribution in [0.2, 0.25) is 0 Å². The Kier molecular flexibility index (Phi) is 6.22. The summed E-state index contributed by atoms with van der Waals surface area (Å²) in [7, 11) is -3.50. The van der Waals surface area contributed by atoms with Crippen LogP contribution in [-0.4, -0.2) is 53.4 Å². The van der Waals surface area contributed by atoms with Gasteiger partial charge in [0.25, 0.3) is 5.56 Å². The number of para-hydroxylation sites is 1. The second kappa shape index (κ2) is 8.90. The van der Waals surface area contributed by atoms with E-state index in [9.17, 15) is 13.2 Å². The largest absolute Gasteiger partial charge is 0.295 e. The van der Waals surface area contributed by atoms with Crippen molar-refractivity contribution >= 4 is 20.9 Å². The molecule has 7 nitrogen and oxygen atoms in total. The van der Waals surface area contributed by atoms with E-state index in [0.29, 0.717) is 48.5 Å². The molecule has 2 heterocycles. The Hall–Kier alpha value is -2.55. The third-order valence-corrected chi connectivity index (χ3v) is 7.90. The Morgan fingerprint density at radius 2 is 1.58 bits per heavy atom.